The van der Waals surface area contributed by atoms with Crippen LogP contribution < -0.4 is 0 Å². The lowest BCUT2D eigenvalue weighted by molar-refractivity contribution is -0.158. The molecule has 1 N–H and O–H groups in total. The van der Waals surface area contributed by atoms with Crippen molar-refractivity contribution in [3.8, 4) is 0 Å². The molecule has 8 heteroatoms. The molecule has 0 bridgehead atoms. The van der Waals surface area contributed by atoms with Crippen LogP contribution in [0, 0.1) is 6.92 Å². The van der Waals surface area contributed by atoms with E-state index in [0.29, 0.717) is 25.2 Å². The summed E-state index contributed by atoms with van der Waals surface area (Å²) in [4.78, 5) is 18.8. The summed E-state index contributed by atoms with van der Waals surface area (Å²) in [5, 5.41) is 0.00968. The summed E-state index contributed by atoms with van der Waals surface area (Å²) in [6.45, 7) is 7.27. The lowest BCUT2D eigenvalue weighted by Crippen LogP contribution is -2.43. The topological polar surface area (TPSA) is 92.4 Å². The average molecular weight is 315 g/mol. The van der Waals surface area contributed by atoms with Crippen molar-refractivity contribution in [3.63, 3.8) is 0 Å². The summed E-state index contributed by atoms with van der Waals surface area (Å²) in [6.07, 6.45) is 2.38. The van der Waals surface area contributed by atoms with Gasteiger partial charge in [-0.25, -0.2) is 13.4 Å². The number of rotatable bonds is 3. The number of nitrogens with one attached hydrogen (secondary N) is 1. The fourth-order valence-electron chi connectivity index (χ4n) is 2.29. The molecule has 2 heterocycles. The van der Waals surface area contributed by atoms with Gasteiger partial charge in [-0.1, -0.05) is 0 Å². The van der Waals surface area contributed by atoms with Gasteiger partial charge in [0.15, 0.2) is 5.03 Å². The summed E-state index contributed by atoms with van der Waals surface area (Å²) in [6, 6.07) is -0.766. The second-order valence-electron chi connectivity index (χ2n) is 6.14. The third-order valence-electron chi connectivity index (χ3n) is 3.15. The molecular formula is C13H21N3O4S. The molecule has 0 spiro atoms. The van der Waals surface area contributed by atoms with Gasteiger partial charge in [0.05, 0.1) is 6.20 Å². The van der Waals surface area contributed by atoms with Crippen LogP contribution >= 0.6 is 0 Å². The van der Waals surface area contributed by atoms with Gasteiger partial charge in [-0.2, -0.15) is 4.31 Å². The van der Waals surface area contributed by atoms with E-state index in [1.165, 1.54) is 10.5 Å². The van der Waals surface area contributed by atoms with Crippen molar-refractivity contribution in [2.75, 3.05) is 6.54 Å². The Kier molecular flexibility index (Phi) is 4.12. The minimum Gasteiger partial charge on any atom is -0.459 e. The molecule has 7 nitrogen and oxygen atoms in total. The Morgan fingerprint density at radius 2 is 2.14 bits per heavy atom. The van der Waals surface area contributed by atoms with Gasteiger partial charge in [0.1, 0.15) is 17.5 Å². The highest BCUT2D eigenvalue weighted by molar-refractivity contribution is 7.89. The molecule has 118 valence electrons. The van der Waals surface area contributed by atoms with Crippen LogP contribution in [0.4, 0.5) is 0 Å². The molecular weight excluding hydrogens is 294 g/mol. The highest BCUT2D eigenvalue weighted by atomic mass is 32.2. The van der Waals surface area contributed by atoms with Gasteiger partial charge in [-0.3, -0.25) is 4.79 Å². The van der Waals surface area contributed by atoms with Crippen LogP contribution in [0.3, 0.4) is 0 Å². The average Bonchev–Trinajstić information content (AvgIpc) is 2.94. The van der Waals surface area contributed by atoms with Crippen molar-refractivity contribution < 1.29 is 17.9 Å². The van der Waals surface area contributed by atoms with Crippen LogP contribution in [-0.2, 0) is 19.6 Å². The maximum atomic E-state index is 12.6. The number of ether oxygens (including phenoxy) is 1. The van der Waals surface area contributed by atoms with Gasteiger partial charge in [0.2, 0.25) is 0 Å². The molecule has 0 unspecified atom stereocenters. The van der Waals surface area contributed by atoms with E-state index in [0.717, 1.165) is 0 Å². The van der Waals surface area contributed by atoms with Gasteiger partial charge in [-0.05, 0) is 40.5 Å². The van der Waals surface area contributed by atoms with E-state index in [1.54, 1.807) is 27.7 Å². The fraction of sp³-hybridized carbons (Fsp3) is 0.692. The number of imidazole rings is 1. The standard InChI is InChI=1S/C13H21N3O4S/c1-9-14-8-11(15-9)21(18,19)16-7-5-6-10(16)12(17)20-13(2,3)4/h8,10H,5-7H2,1-4H3,(H,14,15)/t10-/m1/s1. The molecule has 0 aromatic carbocycles. The van der Waals surface area contributed by atoms with E-state index in [-0.39, 0.29) is 5.03 Å². The van der Waals surface area contributed by atoms with E-state index in [2.05, 4.69) is 9.97 Å². The Bertz CT molecular complexity index is 630. The zero-order valence-corrected chi connectivity index (χ0v) is 13.5. The van der Waals surface area contributed by atoms with Crippen LogP contribution in [0.25, 0.3) is 0 Å². The fourth-order valence-corrected chi connectivity index (χ4v) is 3.90. The van der Waals surface area contributed by atoms with Gasteiger partial charge in [0.25, 0.3) is 10.0 Å². The van der Waals surface area contributed by atoms with Crippen LogP contribution in [0.2, 0.25) is 0 Å². The minimum absolute atomic E-state index is 0.00968. The first-order valence-electron chi connectivity index (χ1n) is 6.87. The first-order chi connectivity index (χ1) is 9.61. The molecule has 21 heavy (non-hydrogen) atoms. The number of aromatic nitrogens is 2. The van der Waals surface area contributed by atoms with Crippen LogP contribution in [0.15, 0.2) is 11.2 Å². The number of hydrogen-bond donors (Lipinski definition) is 1. The molecule has 0 aliphatic carbocycles. The number of aryl methyl sites for hydroxylation is 1. The van der Waals surface area contributed by atoms with E-state index >= 15 is 0 Å². The second-order valence-corrected chi connectivity index (χ2v) is 8.00. The van der Waals surface area contributed by atoms with E-state index in [4.69, 9.17) is 4.74 Å². The molecule has 1 aliphatic heterocycles. The van der Waals surface area contributed by atoms with E-state index < -0.39 is 27.6 Å². The van der Waals surface area contributed by atoms with Crippen LogP contribution in [0.5, 0.6) is 0 Å². The molecule has 0 radical (unpaired) electrons. The number of sulfonamides is 1. The Morgan fingerprint density at radius 3 is 2.67 bits per heavy atom. The lowest BCUT2D eigenvalue weighted by Gasteiger charge is -2.26. The van der Waals surface area contributed by atoms with E-state index in [1.807, 2.05) is 0 Å². The SMILES string of the molecule is Cc1ncc(S(=O)(=O)N2CCC[C@@H]2C(=O)OC(C)(C)C)[nH]1. The van der Waals surface area contributed by atoms with Crippen molar-refractivity contribution >= 4 is 16.0 Å². The third kappa shape index (κ3) is 3.44. The largest absolute Gasteiger partial charge is 0.459 e. The van der Waals surface area contributed by atoms with Crippen molar-refractivity contribution in [1.29, 1.82) is 0 Å². The van der Waals surface area contributed by atoms with Crippen molar-refractivity contribution in [3.05, 3.63) is 12.0 Å². The Morgan fingerprint density at radius 1 is 1.48 bits per heavy atom. The smallest absolute Gasteiger partial charge is 0.324 e. The van der Waals surface area contributed by atoms with Gasteiger partial charge in [-0.15, -0.1) is 0 Å². The van der Waals surface area contributed by atoms with Crippen LogP contribution in [0.1, 0.15) is 39.4 Å². The zero-order chi connectivity index (χ0) is 15.8. The maximum absolute atomic E-state index is 12.6. The van der Waals surface area contributed by atoms with E-state index in [9.17, 15) is 13.2 Å². The first kappa shape index (κ1) is 16.0. The molecule has 1 aromatic heterocycles. The number of carbonyl (C=O) groups excluding carboxylic acids is 1. The number of esters is 1. The molecule has 1 aliphatic rings. The number of carbonyl (C=O) groups is 1. The molecule has 0 amide bonds. The molecule has 1 aromatic rings. The highest BCUT2D eigenvalue weighted by Gasteiger charge is 2.42. The highest BCUT2D eigenvalue weighted by Crippen LogP contribution is 2.27. The van der Waals surface area contributed by atoms with Gasteiger partial charge in [0, 0.05) is 6.54 Å². The Balaban J connectivity index is 2.24. The zero-order valence-electron chi connectivity index (χ0n) is 12.7. The minimum atomic E-state index is -3.75. The lowest BCUT2D eigenvalue weighted by atomic mass is 10.2. The summed E-state index contributed by atoms with van der Waals surface area (Å²) in [5.41, 5.74) is -0.639. The molecule has 1 saturated heterocycles. The van der Waals surface area contributed by atoms with Gasteiger partial charge < -0.3 is 9.72 Å². The third-order valence-corrected chi connectivity index (χ3v) is 4.97. The summed E-state index contributed by atoms with van der Waals surface area (Å²) in [5.74, 6) is 0.0152. The molecule has 2 rings (SSSR count). The quantitative estimate of drug-likeness (QED) is 0.846. The Labute approximate surface area is 124 Å². The monoisotopic (exact) mass is 315 g/mol. The summed E-state index contributed by atoms with van der Waals surface area (Å²) in [7, 11) is -3.75. The number of aromatic amines is 1. The molecule has 1 atom stereocenters. The predicted molar refractivity (Wildman–Crippen MR) is 76.1 cm³/mol. The summed E-state index contributed by atoms with van der Waals surface area (Å²) >= 11 is 0. The maximum Gasteiger partial charge on any atom is 0.324 e. The number of H-pyrrole nitrogens is 1. The molecule has 0 saturated carbocycles. The predicted octanol–water partition coefficient (Wildman–Crippen LogP) is 1.21. The van der Waals surface area contributed by atoms with Crippen molar-refractivity contribution in [2.45, 2.75) is 57.2 Å². The normalized spacial score (nSPS) is 20.7. The number of hydrogen-bond acceptors (Lipinski definition) is 5. The van der Waals surface area contributed by atoms with Crippen molar-refractivity contribution in [2.24, 2.45) is 0 Å². The Hall–Kier alpha value is -1.41. The molecule has 1 fully saturated rings. The first-order valence-corrected chi connectivity index (χ1v) is 8.31. The summed E-state index contributed by atoms with van der Waals surface area (Å²) < 4.78 is 31.7. The van der Waals surface area contributed by atoms with Gasteiger partial charge >= 0.3 is 5.97 Å². The second kappa shape index (κ2) is 5.42. The van der Waals surface area contributed by atoms with Crippen molar-refractivity contribution in [1.82, 2.24) is 14.3 Å². The van der Waals surface area contributed by atoms with Crippen LogP contribution in [-0.4, -0.2) is 46.8 Å². The number of nitrogens with zero attached hydrogens (tertiary/aromatic N) is 2.